The first-order valence-electron chi connectivity index (χ1n) is 5.00. The Morgan fingerprint density at radius 3 is 2.08 bits per heavy atom. The standard InChI is InChI=1S/C10H21N3/c1-10(2,3)8-4-6-13(7-5-8)9(11)12/h8H,4-7H2,1-3H3,(H3,11,12). The van der Waals surface area contributed by atoms with Crippen LogP contribution in [0.1, 0.15) is 33.6 Å². The van der Waals surface area contributed by atoms with E-state index in [0.29, 0.717) is 5.41 Å². The second-order valence-electron chi connectivity index (χ2n) is 5.01. The van der Waals surface area contributed by atoms with Gasteiger partial charge in [-0.1, -0.05) is 20.8 Å². The van der Waals surface area contributed by atoms with Crippen LogP contribution in [0.4, 0.5) is 0 Å². The maximum Gasteiger partial charge on any atom is 0.188 e. The molecule has 0 saturated carbocycles. The highest BCUT2D eigenvalue weighted by Gasteiger charge is 2.28. The summed E-state index contributed by atoms with van der Waals surface area (Å²) in [6, 6.07) is 0. The van der Waals surface area contributed by atoms with Gasteiger partial charge in [-0.25, -0.2) is 0 Å². The third kappa shape index (κ3) is 2.61. The van der Waals surface area contributed by atoms with E-state index in [1.165, 1.54) is 12.8 Å². The van der Waals surface area contributed by atoms with Crippen molar-refractivity contribution in [2.75, 3.05) is 13.1 Å². The molecule has 1 heterocycles. The third-order valence-corrected chi connectivity index (χ3v) is 3.06. The van der Waals surface area contributed by atoms with Crippen molar-refractivity contribution in [2.24, 2.45) is 17.1 Å². The van der Waals surface area contributed by atoms with Crippen LogP contribution in [0.15, 0.2) is 0 Å². The van der Waals surface area contributed by atoms with Crippen molar-refractivity contribution in [2.45, 2.75) is 33.6 Å². The number of nitrogens with zero attached hydrogens (tertiary/aromatic N) is 1. The zero-order valence-electron chi connectivity index (χ0n) is 8.93. The lowest BCUT2D eigenvalue weighted by Crippen LogP contribution is -2.44. The fraction of sp³-hybridized carbons (Fsp3) is 0.900. The number of piperidine rings is 1. The van der Waals surface area contributed by atoms with Gasteiger partial charge < -0.3 is 10.6 Å². The molecule has 0 spiro atoms. The molecule has 0 amide bonds. The van der Waals surface area contributed by atoms with Crippen LogP contribution in [-0.2, 0) is 0 Å². The molecule has 0 aliphatic carbocycles. The molecule has 76 valence electrons. The van der Waals surface area contributed by atoms with Gasteiger partial charge in [0, 0.05) is 13.1 Å². The summed E-state index contributed by atoms with van der Waals surface area (Å²) in [7, 11) is 0. The minimum absolute atomic E-state index is 0.229. The largest absolute Gasteiger partial charge is 0.370 e. The summed E-state index contributed by atoms with van der Waals surface area (Å²) >= 11 is 0. The van der Waals surface area contributed by atoms with E-state index in [1.54, 1.807) is 0 Å². The molecule has 3 N–H and O–H groups in total. The van der Waals surface area contributed by atoms with E-state index in [-0.39, 0.29) is 5.96 Å². The minimum atomic E-state index is 0.229. The quantitative estimate of drug-likeness (QED) is 0.443. The number of hydrogen-bond acceptors (Lipinski definition) is 1. The first kappa shape index (κ1) is 10.4. The van der Waals surface area contributed by atoms with Crippen LogP contribution >= 0.6 is 0 Å². The van der Waals surface area contributed by atoms with Crippen molar-refractivity contribution in [3.05, 3.63) is 0 Å². The van der Waals surface area contributed by atoms with Gasteiger partial charge in [0.05, 0.1) is 0 Å². The Morgan fingerprint density at radius 1 is 1.31 bits per heavy atom. The molecular formula is C10H21N3. The van der Waals surface area contributed by atoms with Crippen LogP contribution in [0.5, 0.6) is 0 Å². The molecular weight excluding hydrogens is 162 g/mol. The second kappa shape index (κ2) is 3.56. The Balaban J connectivity index is 2.44. The molecule has 3 heteroatoms. The minimum Gasteiger partial charge on any atom is -0.370 e. The molecule has 0 atom stereocenters. The van der Waals surface area contributed by atoms with Gasteiger partial charge in [0.1, 0.15) is 0 Å². The summed E-state index contributed by atoms with van der Waals surface area (Å²) in [5.41, 5.74) is 5.84. The Labute approximate surface area is 80.8 Å². The summed E-state index contributed by atoms with van der Waals surface area (Å²) < 4.78 is 0. The average Bonchev–Trinajstić information content (AvgIpc) is 2.03. The number of hydrogen-bond donors (Lipinski definition) is 2. The lowest BCUT2D eigenvalue weighted by atomic mass is 9.75. The molecule has 0 aromatic heterocycles. The maximum absolute atomic E-state index is 7.31. The van der Waals surface area contributed by atoms with Crippen molar-refractivity contribution < 1.29 is 0 Å². The summed E-state index contributed by atoms with van der Waals surface area (Å²) in [5, 5.41) is 7.31. The molecule has 1 aliphatic rings. The molecule has 0 radical (unpaired) electrons. The van der Waals surface area contributed by atoms with Gasteiger partial charge in [-0.05, 0) is 24.2 Å². The van der Waals surface area contributed by atoms with Crippen molar-refractivity contribution >= 4 is 5.96 Å². The van der Waals surface area contributed by atoms with E-state index in [1.807, 2.05) is 4.90 Å². The molecule has 3 nitrogen and oxygen atoms in total. The number of guanidine groups is 1. The SMILES string of the molecule is CC(C)(C)C1CCN(C(=N)N)CC1. The topological polar surface area (TPSA) is 53.1 Å². The van der Waals surface area contributed by atoms with Crippen molar-refractivity contribution in [1.82, 2.24) is 4.90 Å². The van der Waals surface area contributed by atoms with E-state index < -0.39 is 0 Å². The molecule has 1 rings (SSSR count). The van der Waals surface area contributed by atoms with Crippen molar-refractivity contribution in [1.29, 1.82) is 5.41 Å². The molecule has 0 bridgehead atoms. The monoisotopic (exact) mass is 183 g/mol. The Hall–Kier alpha value is -0.730. The van der Waals surface area contributed by atoms with Crippen LogP contribution in [0.2, 0.25) is 0 Å². The molecule has 0 unspecified atom stereocenters. The number of nitrogens with one attached hydrogen (secondary N) is 1. The van der Waals surface area contributed by atoms with E-state index >= 15 is 0 Å². The van der Waals surface area contributed by atoms with Crippen LogP contribution < -0.4 is 5.73 Å². The second-order valence-corrected chi connectivity index (χ2v) is 5.01. The first-order valence-corrected chi connectivity index (χ1v) is 5.00. The van der Waals surface area contributed by atoms with Crippen LogP contribution in [0.3, 0.4) is 0 Å². The highest BCUT2D eigenvalue weighted by molar-refractivity contribution is 5.74. The van der Waals surface area contributed by atoms with Crippen LogP contribution in [0.25, 0.3) is 0 Å². The zero-order valence-corrected chi connectivity index (χ0v) is 8.93. The lowest BCUT2D eigenvalue weighted by Gasteiger charge is -2.38. The fourth-order valence-electron chi connectivity index (χ4n) is 1.99. The van der Waals surface area contributed by atoms with Crippen molar-refractivity contribution in [3.8, 4) is 0 Å². The molecule has 0 aromatic rings. The van der Waals surface area contributed by atoms with E-state index in [4.69, 9.17) is 11.1 Å². The Morgan fingerprint density at radius 2 is 1.77 bits per heavy atom. The third-order valence-electron chi connectivity index (χ3n) is 3.06. The van der Waals surface area contributed by atoms with Crippen LogP contribution in [-0.4, -0.2) is 23.9 Å². The van der Waals surface area contributed by atoms with Gasteiger partial charge in [-0.2, -0.15) is 0 Å². The van der Waals surface area contributed by atoms with E-state index in [0.717, 1.165) is 19.0 Å². The van der Waals surface area contributed by atoms with Gasteiger partial charge in [0.15, 0.2) is 5.96 Å². The number of likely N-dealkylation sites (tertiary alicyclic amines) is 1. The molecule has 13 heavy (non-hydrogen) atoms. The first-order chi connectivity index (χ1) is 5.91. The van der Waals surface area contributed by atoms with Gasteiger partial charge in [0.25, 0.3) is 0 Å². The van der Waals surface area contributed by atoms with Gasteiger partial charge in [0.2, 0.25) is 0 Å². The zero-order chi connectivity index (χ0) is 10.1. The predicted octanol–water partition coefficient (Wildman–Crippen LogP) is 1.64. The Kier molecular flexibility index (Phi) is 2.84. The average molecular weight is 183 g/mol. The number of rotatable bonds is 0. The van der Waals surface area contributed by atoms with Crippen molar-refractivity contribution in [3.63, 3.8) is 0 Å². The highest BCUT2D eigenvalue weighted by Crippen LogP contribution is 2.33. The summed E-state index contributed by atoms with van der Waals surface area (Å²) in [6.45, 7) is 8.79. The van der Waals surface area contributed by atoms with Crippen LogP contribution in [0, 0.1) is 16.7 Å². The van der Waals surface area contributed by atoms with Gasteiger partial charge in [-0.15, -0.1) is 0 Å². The molecule has 1 saturated heterocycles. The normalized spacial score (nSPS) is 20.4. The van der Waals surface area contributed by atoms with Gasteiger partial charge in [-0.3, -0.25) is 5.41 Å². The summed E-state index contributed by atoms with van der Waals surface area (Å²) in [4.78, 5) is 1.96. The maximum atomic E-state index is 7.31. The smallest absolute Gasteiger partial charge is 0.188 e. The lowest BCUT2D eigenvalue weighted by molar-refractivity contribution is 0.148. The number of nitrogens with two attached hydrogens (primary N) is 1. The fourth-order valence-corrected chi connectivity index (χ4v) is 1.99. The molecule has 0 aromatic carbocycles. The predicted molar refractivity (Wildman–Crippen MR) is 55.7 cm³/mol. The summed E-state index contributed by atoms with van der Waals surface area (Å²) in [6.07, 6.45) is 2.34. The molecule has 1 aliphatic heterocycles. The van der Waals surface area contributed by atoms with Gasteiger partial charge >= 0.3 is 0 Å². The highest BCUT2D eigenvalue weighted by atomic mass is 15.2. The molecule has 1 fully saturated rings. The van der Waals surface area contributed by atoms with E-state index in [9.17, 15) is 0 Å². The Bertz CT molecular complexity index is 185. The summed E-state index contributed by atoms with van der Waals surface area (Å²) in [5.74, 6) is 1.01. The van der Waals surface area contributed by atoms with E-state index in [2.05, 4.69) is 20.8 Å².